The molecular formula is C24H26N2O4. The first-order valence-electron chi connectivity index (χ1n) is 10.4. The molecule has 2 aliphatic rings. The van der Waals surface area contributed by atoms with Crippen molar-refractivity contribution >= 4 is 16.9 Å². The zero-order chi connectivity index (χ0) is 20.7. The first kappa shape index (κ1) is 19.0. The number of amides is 1. The van der Waals surface area contributed by atoms with Crippen molar-refractivity contribution in [2.45, 2.75) is 26.8 Å². The maximum Gasteiger partial charge on any atom is 0.231 e. The Labute approximate surface area is 176 Å². The lowest BCUT2D eigenvalue weighted by Gasteiger charge is -2.34. The number of ether oxygens (including phenoxy) is 2. The Bertz CT molecular complexity index is 1100. The van der Waals surface area contributed by atoms with Crippen LogP contribution >= 0.6 is 0 Å². The maximum atomic E-state index is 12.9. The Morgan fingerprint density at radius 3 is 2.63 bits per heavy atom. The van der Waals surface area contributed by atoms with E-state index in [0.717, 1.165) is 66.3 Å². The third kappa shape index (κ3) is 3.63. The molecule has 0 unspecified atom stereocenters. The van der Waals surface area contributed by atoms with Gasteiger partial charge in [0.15, 0.2) is 11.5 Å². The van der Waals surface area contributed by atoms with Gasteiger partial charge in [0.05, 0.1) is 12.7 Å². The molecule has 0 aliphatic carbocycles. The number of carbonyl (C=O) groups is 1. The SMILES string of the molecule is Cc1cc(C)c2c(CC(=O)N3CCN(Cc4ccc5c(c4)OCO5)CC3)coc2c1. The molecule has 1 aromatic heterocycles. The van der Waals surface area contributed by atoms with Gasteiger partial charge in [0.2, 0.25) is 12.7 Å². The number of benzene rings is 2. The zero-order valence-electron chi connectivity index (χ0n) is 17.4. The highest BCUT2D eigenvalue weighted by Crippen LogP contribution is 2.33. The van der Waals surface area contributed by atoms with E-state index >= 15 is 0 Å². The van der Waals surface area contributed by atoms with E-state index in [-0.39, 0.29) is 5.91 Å². The fourth-order valence-corrected chi connectivity index (χ4v) is 4.48. The van der Waals surface area contributed by atoms with E-state index < -0.39 is 0 Å². The standard InChI is InChI=1S/C24H26N2O4/c1-16-9-17(2)24-19(14-28-22(24)10-16)12-23(27)26-7-5-25(6-8-26)13-18-3-4-20-21(11-18)30-15-29-20/h3-4,9-11,14H,5-8,12-13,15H2,1-2H3. The molecule has 0 radical (unpaired) electrons. The van der Waals surface area contributed by atoms with Crippen molar-refractivity contribution in [2.75, 3.05) is 33.0 Å². The van der Waals surface area contributed by atoms with Gasteiger partial charge in [0.25, 0.3) is 0 Å². The van der Waals surface area contributed by atoms with E-state index in [0.29, 0.717) is 13.2 Å². The lowest BCUT2D eigenvalue weighted by molar-refractivity contribution is -0.132. The summed E-state index contributed by atoms with van der Waals surface area (Å²) in [6.07, 6.45) is 2.13. The molecule has 3 heterocycles. The number of hydrogen-bond donors (Lipinski definition) is 0. The largest absolute Gasteiger partial charge is 0.464 e. The number of nitrogens with zero attached hydrogens (tertiary/aromatic N) is 2. The molecule has 6 nitrogen and oxygen atoms in total. The van der Waals surface area contributed by atoms with E-state index in [1.807, 2.05) is 23.1 Å². The second-order valence-corrected chi connectivity index (χ2v) is 8.24. The fraction of sp³-hybridized carbons (Fsp3) is 0.375. The monoisotopic (exact) mass is 406 g/mol. The van der Waals surface area contributed by atoms with E-state index in [2.05, 4.69) is 30.9 Å². The summed E-state index contributed by atoms with van der Waals surface area (Å²) in [4.78, 5) is 17.3. The molecule has 0 N–H and O–H groups in total. The molecule has 1 amide bonds. The van der Waals surface area contributed by atoms with Crippen molar-refractivity contribution in [3.8, 4) is 11.5 Å². The number of rotatable bonds is 4. The lowest BCUT2D eigenvalue weighted by atomic mass is 10.0. The molecule has 2 aromatic carbocycles. The van der Waals surface area contributed by atoms with Gasteiger partial charge in [-0.15, -0.1) is 0 Å². The van der Waals surface area contributed by atoms with Crippen LogP contribution < -0.4 is 9.47 Å². The van der Waals surface area contributed by atoms with Crippen LogP contribution in [0.3, 0.4) is 0 Å². The second-order valence-electron chi connectivity index (χ2n) is 8.24. The number of fused-ring (bicyclic) bond motifs is 2. The minimum Gasteiger partial charge on any atom is -0.464 e. The smallest absolute Gasteiger partial charge is 0.231 e. The Hall–Kier alpha value is -2.99. The number of hydrogen-bond acceptors (Lipinski definition) is 5. The molecule has 2 aliphatic heterocycles. The maximum absolute atomic E-state index is 12.9. The molecule has 6 heteroatoms. The topological polar surface area (TPSA) is 55.2 Å². The van der Waals surface area contributed by atoms with Gasteiger partial charge < -0.3 is 18.8 Å². The minimum absolute atomic E-state index is 0.167. The summed E-state index contributed by atoms with van der Waals surface area (Å²) < 4.78 is 16.6. The predicted molar refractivity (Wildman–Crippen MR) is 114 cm³/mol. The molecule has 1 saturated heterocycles. The molecule has 30 heavy (non-hydrogen) atoms. The van der Waals surface area contributed by atoms with Gasteiger partial charge in [-0.2, -0.15) is 0 Å². The first-order chi connectivity index (χ1) is 14.6. The van der Waals surface area contributed by atoms with Crippen molar-refractivity contribution in [3.63, 3.8) is 0 Å². The lowest BCUT2D eigenvalue weighted by Crippen LogP contribution is -2.48. The predicted octanol–water partition coefficient (Wildman–Crippen LogP) is 3.67. The molecule has 0 saturated carbocycles. The molecule has 3 aromatic rings. The molecule has 5 rings (SSSR count). The number of carbonyl (C=O) groups excluding carboxylic acids is 1. The average molecular weight is 406 g/mol. The summed E-state index contributed by atoms with van der Waals surface area (Å²) in [7, 11) is 0. The molecule has 1 fully saturated rings. The summed E-state index contributed by atoms with van der Waals surface area (Å²) >= 11 is 0. The summed E-state index contributed by atoms with van der Waals surface area (Å²) in [5, 5.41) is 1.08. The van der Waals surface area contributed by atoms with Crippen LogP contribution in [0.5, 0.6) is 11.5 Å². The molecule has 156 valence electrons. The van der Waals surface area contributed by atoms with E-state index in [9.17, 15) is 4.79 Å². The molecular weight excluding hydrogens is 380 g/mol. The fourth-order valence-electron chi connectivity index (χ4n) is 4.48. The molecule has 0 atom stereocenters. The van der Waals surface area contributed by atoms with Gasteiger partial charge in [-0.3, -0.25) is 9.69 Å². The summed E-state index contributed by atoms with van der Waals surface area (Å²) in [5.74, 6) is 1.80. The zero-order valence-corrected chi connectivity index (χ0v) is 17.4. The summed E-state index contributed by atoms with van der Waals surface area (Å²) in [6.45, 7) is 8.51. The van der Waals surface area contributed by atoms with Crippen LogP contribution in [0.15, 0.2) is 41.0 Å². The summed E-state index contributed by atoms with van der Waals surface area (Å²) in [5.41, 5.74) is 5.38. The van der Waals surface area contributed by atoms with E-state index in [4.69, 9.17) is 13.9 Å². The van der Waals surface area contributed by atoms with Gasteiger partial charge in [0.1, 0.15) is 5.58 Å². The van der Waals surface area contributed by atoms with Crippen molar-refractivity contribution < 1.29 is 18.7 Å². The van der Waals surface area contributed by atoms with Crippen molar-refractivity contribution in [3.05, 3.63) is 58.8 Å². The van der Waals surface area contributed by atoms with Crippen LogP contribution in [0.2, 0.25) is 0 Å². The van der Waals surface area contributed by atoms with Crippen LogP contribution in [0.4, 0.5) is 0 Å². The third-order valence-electron chi connectivity index (χ3n) is 6.00. The van der Waals surface area contributed by atoms with Crippen molar-refractivity contribution in [1.29, 1.82) is 0 Å². The normalized spacial score (nSPS) is 16.4. The highest BCUT2D eigenvalue weighted by atomic mass is 16.7. The Morgan fingerprint density at radius 2 is 1.80 bits per heavy atom. The van der Waals surface area contributed by atoms with Gasteiger partial charge >= 0.3 is 0 Å². The van der Waals surface area contributed by atoms with E-state index in [1.165, 1.54) is 11.1 Å². The van der Waals surface area contributed by atoms with Gasteiger partial charge in [-0.1, -0.05) is 12.1 Å². The van der Waals surface area contributed by atoms with Crippen LogP contribution in [-0.2, 0) is 17.8 Å². The highest BCUT2D eigenvalue weighted by Gasteiger charge is 2.23. The molecule has 0 spiro atoms. The first-order valence-corrected chi connectivity index (χ1v) is 10.4. The number of furan rings is 1. The van der Waals surface area contributed by atoms with Gasteiger partial charge in [-0.25, -0.2) is 0 Å². The Morgan fingerprint density at radius 1 is 1.00 bits per heavy atom. The average Bonchev–Trinajstić information content (AvgIpc) is 3.35. The molecule has 0 bridgehead atoms. The minimum atomic E-state index is 0.167. The van der Waals surface area contributed by atoms with Crippen molar-refractivity contribution in [1.82, 2.24) is 9.80 Å². The van der Waals surface area contributed by atoms with Gasteiger partial charge in [-0.05, 0) is 48.7 Å². The Balaban J connectivity index is 1.19. The van der Waals surface area contributed by atoms with Gasteiger partial charge in [0, 0.05) is 43.7 Å². The third-order valence-corrected chi connectivity index (χ3v) is 6.00. The van der Waals surface area contributed by atoms with E-state index in [1.54, 1.807) is 6.26 Å². The highest BCUT2D eigenvalue weighted by molar-refractivity contribution is 5.90. The Kier molecular flexibility index (Phi) is 4.87. The number of aryl methyl sites for hydroxylation is 2. The van der Waals surface area contributed by atoms with Crippen LogP contribution in [0, 0.1) is 13.8 Å². The van der Waals surface area contributed by atoms with Crippen LogP contribution in [0.1, 0.15) is 22.3 Å². The quantitative estimate of drug-likeness (QED) is 0.662. The summed E-state index contributed by atoms with van der Waals surface area (Å²) in [6, 6.07) is 10.3. The second kappa shape index (κ2) is 7.69. The van der Waals surface area contributed by atoms with Crippen LogP contribution in [-0.4, -0.2) is 48.7 Å². The van der Waals surface area contributed by atoms with Crippen molar-refractivity contribution in [2.24, 2.45) is 0 Å². The number of piperazine rings is 1. The van der Waals surface area contributed by atoms with Crippen LogP contribution in [0.25, 0.3) is 11.0 Å².